The summed E-state index contributed by atoms with van der Waals surface area (Å²) in [5, 5.41) is 3.26. The molecule has 0 fully saturated rings. The normalized spacial score (nSPS) is 10.9. The van der Waals surface area contributed by atoms with Crippen molar-refractivity contribution in [2.24, 2.45) is 7.05 Å². The first-order valence-corrected chi connectivity index (χ1v) is 7.94. The molecule has 0 atom stereocenters. The molecule has 1 amide bonds. The van der Waals surface area contributed by atoms with E-state index in [1.165, 1.54) is 17.0 Å². The van der Waals surface area contributed by atoms with Crippen LogP contribution in [0.4, 0.5) is 14.5 Å². The van der Waals surface area contributed by atoms with Gasteiger partial charge < -0.3 is 9.88 Å². The van der Waals surface area contributed by atoms with Crippen molar-refractivity contribution in [3.8, 4) is 11.1 Å². The number of para-hydroxylation sites is 1. The number of aromatic nitrogens is 1. The molecule has 128 valence electrons. The SMILES string of the molecule is Cn1cc(C(=O)Nc2ccccc2-c2ccccc2Cl)c(C(F)F)c1. The van der Waals surface area contributed by atoms with Crippen molar-refractivity contribution in [1.82, 2.24) is 4.57 Å². The number of carbonyl (C=O) groups is 1. The van der Waals surface area contributed by atoms with E-state index in [1.807, 2.05) is 30.3 Å². The predicted molar refractivity (Wildman–Crippen MR) is 95.2 cm³/mol. The molecule has 0 unspecified atom stereocenters. The number of hydrogen-bond acceptors (Lipinski definition) is 1. The van der Waals surface area contributed by atoms with E-state index in [1.54, 1.807) is 25.2 Å². The standard InChI is InChI=1S/C19H15ClF2N2O/c1-24-10-14(18(21)22)15(11-24)19(25)23-17-9-5-3-7-13(17)12-6-2-4-8-16(12)20/h2-11,18H,1H3,(H,23,25). The highest BCUT2D eigenvalue weighted by atomic mass is 35.5. The Balaban J connectivity index is 1.97. The molecule has 0 saturated carbocycles. The molecular weight excluding hydrogens is 346 g/mol. The second-order valence-electron chi connectivity index (χ2n) is 5.57. The largest absolute Gasteiger partial charge is 0.356 e. The van der Waals surface area contributed by atoms with Gasteiger partial charge >= 0.3 is 0 Å². The Hall–Kier alpha value is -2.66. The van der Waals surface area contributed by atoms with E-state index in [0.29, 0.717) is 10.7 Å². The van der Waals surface area contributed by atoms with Crippen LogP contribution in [0.15, 0.2) is 60.9 Å². The Labute approximate surface area is 148 Å². The van der Waals surface area contributed by atoms with Crippen LogP contribution in [0.2, 0.25) is 5.02 Å². The highest BCUT2D eigenvalue weighted by molar-refractivity contribution is 6.33. The summed E-state index contributed by atoms with van der Waals surface area (Å²) in [6, 6.07) is 14.3. The highest BCUT2D eigenvalue weighted by Gasteiger charge is 2.21. The molecule has 6 heteroatoms. The minimum Gasteiger partial charge on any atom is -0.356 e. The third kappa shape index (κ3) is 3.56. The summed E-state index contributed by atoms with van der Waals surface area (Å²) in [6.07, 6.45) is -0.0881. The van der Waals surface area contributed by atoms with Crippen LogP contribution in [0.25, 0.3) is 11.1 Å². The molecule has 0 aliphatic rings. The number of rotatable bonds is 4. The van der Waals surface area contributed by atoms with Gasteiger partial charge in [0.2, 0.25) is 0 Å². The van der Waals surface area contributed by atoms with Crippen LogP contribution in [-0.4, -0.2) is 10.5 Å². The number of halogens is 3. The topological polar surface area (TPSA) is 34.0 Å². The molecule has 0 saturated heterocycles. The number of carbonyl (C=O) groups excluding carboxylic acids is 1. The summed E-state index contributed by atoms with van der Waals surface area (Å²) in [5.74, 6) is -0.588. The molecule has 3 aromatic rings. The van der Waals surface area contributed by atoms with Gasteiger partial charge in [-0.3, -0.25) is 4.79 Å². The Morgan fingerprint density at radius 3 is 2.36 bits per heavy atom. The summed E-state index contributed by atoms with van der Waals surface area (Å²) in [5.41, 5.74) is 1.63. The van der Waals surface area contributed by atoms with Crippen molar-refractivity contribution >= 4 is 23.2 Å². The maximum absolute atomic E-state index is 13.1. The zero-order chi connectivity index (χ0) is 18.0. The van der Waals surface area contributed by atoms with E-state index < -0.39 is 12.3 Å². The van der Waals surface area contributed by atoms with Crippen LogP contribution in [0.1, 0.15) is 22.3 Å². The monoisotopic (exact) mass is 360 g/mol. The molecule has 0 spiro atoms. The second-order valence-corrected chi connectivity index (χ2v) is 5.98. The fraction of sp³-hybridized carbons (Fsp3) is 0.105. The van der Waals surface area contributed by atoms with E-state index in [9.17, 15) is 13.6 Å². The average molecular weight is 361 g/mol. The van der Waals surface area contributed by atoms with Gasteiger partial charge in [-0.2, -0.15) is 0 Å². The van der Waals surface area contributed by atoms with Gasteiger partial charge in [-0.25, -0.2) is 8.78 Å². The van der Waals surface area contributed by atoms with Gasteiger partial charge in [0.05, 0.1) is 5.56 Å². The molecule has 2 aromatic carbocycles. The maximum atomic E-state index is 13.1. The van der Waals surface area contributed by atoms with Gasteiger partial charge in [0, 0.05) is 46.8 Å². The molecule has 25 heavy (non-hydrogen) atoms. The first-order chi connectivity index (χ1) is 12.0. The molecule has 1 N–H and O–H groups in total. The number of hydrogen-bond donors (Lipinski definition) is 1. The third-order valence-electron chi connectivity index (χ3n) is 3.81. The first-order valence-electron chi connectivity index (χ1n) is 7.56. The summed E-state index contributed by atoms with van der Waals surface area (Å²) in [6.45, 7) is 0. The zero-order valence-corrected chi connectivity index (χ0v) is 14.1. The van der Waals surface area contributed by atoms with E-state index in [2.05, 4.69) is 5.32 Å². The quantitative estimate of drug-likeness (QED) is 0.651. The summed E-state index contributed by atoms with van der Waals surface area (Å²) in [7, 11) is 1.60. The van der Waals surface area contributed by atoms with Crippen LogP contribution >= 0.6 is 11.6 Å². The van der Waals surface area contributed by atoms with Crippen molar-refractivity contribution in [3.05, 3.63) is 77.1 Å². The van der Waals surface area contributed by atoms with Crippen LogP contribution in [0, 0.1) is 0 Å². The van der Waals surface area contributed by atoms with E-state index in [4.69, 9.17) is 11.6 Å². The number of alkyl halides is 2. The second kappa shape index (κ2) is 7.07. The van der Waals surface area contributed by atoms with Crippen LogP contribution in [-0.2, 0) is 7.05 Å². The molecule has 0 radical (unpaired) electrons. The fourth-order valence-electron chi connectivity index (χ4n) is 2.66. The van der Waals surface area contributed by atoms with Crippen LogP contribution < -0.4 is 5.32 Å². The number of anilines is 1. The van der Waals surface area contributed by atoms with Crippen molar-refractivity contribution in [3.63, 3.8) is 0 Å². The third-order valence-corrected chi connectivity index (χ3v) is 4.14. The Morgan fingerprint density at radius 1 is 1.04 bits per heavy atom. The summed E-state index contributed by atoms with van der Waals surface area (Å²) < 4.78 is 27.7. The van der Waals surface area contributed by atoms with Gasteiger partial charge in [0.1, 0.15) is 0 Å². The van der Waals surface area contributed by atoms with Gasteiger partial charge in [-0.15, -0.1) is 0 Å². The molecule has 3 nitrogen and oxygen atoms in total. The summed E-state index contributed by atoms with van der Waals surface area (Å²) >= 11 is 6.24. The fourth-order valence-corrected chi connectivity index (χ4v) is 2.90. The number of aryl methyl sites for hydroxylation is 1. The molecule has 0 aliphatic carbocycles. The lowest BCUT2D eigenvalue weighted by Crippen LogP contribution is -2.14. The smallest absolute Gasteiger partial charge is 0.266 e. The number of benzene rings is 2. The lowest BCUT2D eigenvalue weighted by atomic mass is 10.0. The average Bonchev–Trinajstić information content (AvgIpc) is 2.98. The number of amides is 1. The molecule has 1 heterocycles. The predicted octanol–water partition coefficient (Wildman–Crippen LogP) is 5.54. The minimum atomic E-state index is -2.72. The molecule has 3 rings (SSSR count). The number of nitrogens with zero attached hydrogens (tertiary/aromatic N) is 1. The van der Waals surface area contributed by atoms with Gasteiger partial charge in [0.25, 0.3) is 12.3 Å². The van der Waals surface area contributed by atoms with Gasteiger partial charge in [-0.05, 0) is 12.1 Å². The van der Waals surface area contributed by atoms with Crippen molar-refractivity contribution in [2.45, 2.75) is 6.43 Å². The Bertz CT molecular complexity index is 921. The molecule has 0 bridgehead atoms. The van der Waals surface area contributed by atoms with E-state index >= 15 is 0 Å². The molecule has 0 aliphatic heterocycles. The van der Waals surface area contributed by atoms with Crippen molar-refractivity contribution in [2.75, 3.05) is 5.32 Å². The first kappa shape index (κ1) is 17.2. The van der Waals surface area contributed by atoms with Crippen molar-refractivity contribution in [1.29, 1.82) is 0 Å². The Morgan fingerprint density at radius 2 is 1.68 bits per heavy atom. The Kier molecular flexibility index (Phi) is 4.86. The van der Waals surface area contributed by atoms with Crippen molar-refractivity contribution < 1.29 is 13.6 Å². The number of nitrogens with one attached hydrogen (secondary N) is 1. The molecular formula is C19H15ClF2N2O. The zero-order valence-electron chi connectivity index (χ0n) is 13.3. The van der Waals surface area contributed by atoms with Gasteiger partial charge in [0.15, 0.2) is 0 Å². The highest BCUT2D eigenvalue weighted by Crippen LogP contribution is 2.33. The maximum Gasteiger partial charge on any atom is 0.266 e. The van der Waals surface area contributed by atoms with Crippen LogP contribution in [0.5, 0.6) is 0 Å². The summed E-state index contributed by atoms with van der Waals surface area (Å²) in [4.78, 5) is 12.5. The van der Waals surface area contributed by atoms with Crippen LogP contribution in [0.3, 0.4) is 0 Å². The molecule has 1 aromatic heterocycles. The van der Waals surface area contributed by atoms with E-state index in [0.717, 1.165) is 11.1 Å². The lowest BCUT2D eigenvalue weighted by Gasteiger charge is -2.12. The van der Waals surface area contributed by atoms with E-state index in [-0.39, 0.29) is 11.1 Å². The minimum absolute atomic E-state index is 0.0496. The van der Waals surface area contributed by atoms with Gasteiger partial charge in [-0.1, -0.05) is 48.0 Å². The lowest BCUT2D eigenvalue weighted by molar-refractivity contribution is 0.101.